The maximum absolute atomic E-state index is 10.2. The van der Waals surface area contributed by atoms with Crippen molar-refractivity contribution in [3.05, 3.63) is 0 Å². The molecule has 0 aliphatic rings. The van der Waals surface area contributed by atoms with Gasteiger partial charge in [-0.25, -0.2) is 4.79 Å². The van der Waals surface area contributed by atoms with Gasteiger partial charge in [0.2, 0.25) is 0 Å². The van der Waals surface area contributed by atoms with Crippen LogP contribution in [0.1, 0.15) is 0 Å². The maximum atomic E-state index is 10.2. The molecule has 1 atom stereocenters. The van der Waals surface area contributed by atoms with Crippen LogP contribution in [0.3, 0.4) is 0 Å². The maximum Gasteiger partial charge on any atom is 0.343 e. The minimum absolute atomic E-state index is 0.0856. The van der Waals surface area contributed by atoms with Crippen LogP contribution in [0, 0.1) is 0 Å². The highest BCUT2D eigenvalue weighted by atomic mass is 31.1. The number of carbonyl (C=O) groups is 1. The van der Waals surface area contributed by atoms with E-state index in [0.29, 0.717) is 6.16 Å². The van der Waals surface area contributed by atoms with Crippen molar-refractivity contribution in [3.63, 3.8) is 0 Å². The summed E-state index contributed by atoms with van der Waals surface area (Å²) in [6.07, 6.45) is 0.622. The molecule has 0 spiro atoms. The first kappa shape index (κ1) is 6.90. The molecule has 1 unspecified atom stereocenters. The molecule has 0 aliphatic carbocycles. The third-order valence-electron chi connectivity index (χ3n) is 0.598. The fraction of sp³-hybridized carbons (Fsp3) is 0.750. The molecule has 0 saturated heterocycles. The second-order valence-corrected chi connectivity index (χ2v) is 2.41. The van der Waals surface area contributed by atoms with Crippen LogP contribution >= 0.6 is 8.58 Å². The lowest BCUT2D eigenvalue weighted by Gasteiger charge is -1.87. The minimum atomic E-state index is -0.0856. The SMILES string of the molecule is COC(=O)C[PH2+]C. The standard InChI is InChI=1S/C4H9O2P/c1-6-4(5)3-7-2/h7H,3H2,1-2H3/p+1. The lowest BCUT2D eigenvalue weighted by atomic mass is 10.8. The Morgan fingerprint density at radius 2 is 2.43 bits per heavy atom. The van der Waals surface area contributed by atoms with E-state index in [9.17, 15) is 4.79 Å². The molecule has 2 nitrogen and oxygen atoms in total. The molecular formula is C4H10O2P+. The Morgan fingerprint density at radius 1 is 1.86 bits per heavy atom. The van der Waals surface area contributed by atoms with Crippen molar-refractivity contribution in [1.82, 2.24) is 0 Å². The van der Waals surface area contributed by atoms with Crippen molar-refractivity contribution < 1.29 is 9.53 Å². The van der Waals surface area contributed by atoms with E-state index in [1.165, 1.54) is 7.11 Å². The van der Waals surface area contributed by atoms with Gasteiger partial charge in [0.15, 0.2) is 6.16 Å². The first-order chi connectivity index (χ1) is 3.31. The summed E-state index contributed by atoms with van der Waals surface area (Å²) in [5.74, 6) is -0.0856. The van der Waals surface area contributed by atoms with Crippen molar-refractivity contribution >= 4 is 14.6 Å². The topological polar surface area (TPSA) is 26.3 Å². The van der Waals surface area contributed by atoms with E-state index in [-0.39, 0.29) is 14.6 Å². The van der Waals surface area contributed by atoms with Gasteiger partial charge in [-0.2, -0.15) is 0 Å². The van der Waals surface area contributed by atoms with E-state index in [1.54, 1.807) is 0 Å². The summed E-state index contributed by atoms with van der Waals surface area (Å²) in [5, 5.41) is 0. The summed E-state index contributed by atoms with van der Waals surface area (Å²) in [7, 11) is 1.69. The molecule has 0 heterocycles. The average molecular weight is 121 g/mol. The van der Waals surface area contributed by atoms with Crippen LogP contribution in [0.4, 0.5) is 0 Å². The smallest absolute Gasteiger partial charge is 0.343 e. The van der Waals surface area contributed by atoms with Gasteiger partial charge in [-0.3, -0.25) is 0 Å². The van der Waals surface area contributed by atoms with Crippen molar-refractivity contribution in [2.45, 2.75) is 0 Å². The second kappa shape index (κ2) is 4.07. The predicted octanol–water partition coefficient (Wildman–Crippen LogP) is 0.200. The number of hydrogen-bond donors (Lipinski definition) is 0. The Morgan fingerprint density at radius 3 is 2.57 bits per heavy atom. The zero-order valence-corrected chi connectivity index (χ0v) is 5.76. The molecule has 0 fully saturated rings. The minimum Gasteiger partial charge on any atom is -0.466 e. The van der Waals surface area contributed by atoms with Gasteiger partial charge >= 0.3 is 5.97 Å². The zero-order chi connectivity index (χ0) is 5.70. The molecule has 0 aliphatic heterocycles. The lowest BCUT2D eigenvalue weighted by molar-refractivity contribution is -0.137. The Labute approximate surface area is 45.0 Å². The molecule has 0 N–H and O–H groups in total. The van der Waals surface area contributed by atoms with Crippen molar-refractivity contribution in [2.24, 2.45) is 0 Å². The van der Waals surface area contributed by atoms with Crippen LogP contribution in [0.15, 0.2) is 0 Å². The van der Waals surface area contributed by atoms with E-state index >= 15 is 0 Å². The van der Waals surface area contributed by atoms with Crippen LogP contribution in [-0.2, 0) is 9.53 Å². The highest BCUT2D eigenvalue weighted by Crippen LogP contribution is 1.99. The fourth-order valence-corrected chi connectivity index (χ4v) is 0.750. The quantitative estimate of drug-likeness (QED) is 0.385. The third-order valence-corrected chi connectivity index (χ3v) is 1.34. The Bertz CT molecular complexity index is 62.7. The summed E-state index contributed by atoms with van der Waals surface area (Å²) in [5.41, 5.74) is 0. The molecule has 7 heavy (non-hydrogen) atoms. The van der Waals surface area contributed by atoms with Crippen LogP contribution in [0.2, 0.25) is 0 Å². The van der Waals surface area contributed by atoms with Crippen LogP contribution in [0.25, 0.3) is 0 Å². The first-order valence-electron chi connectivity index (χ1n) is 2.16. The van der Waals surface area contributed by atoms with Crippen molar-refractivity contribution in [2.75, 3.05) is 19.9 Å². The Kier molecular flexibility index (Phi) is 4.01. The fourth-order valence-electron chi connectivity index (χ4n) is 0.250. The molecule has 0 aromatic carbocycles. The summed E-state index contributed by atoms with van der Waals surface area (Å²) >= 11 is 0. The molecule has 0 rings (SSSR count). The number of methoxy groups -OCH3 is 1. The molecule has 0 bridgehead atoms. The Balaban J connectivity index is 3.00. The van der Waals surface area contributed by atoms with Crippen molar-refractivity contribution in [3.8, 4) is 0 Å². The number of hydrogen-bond acceptors (Lipinski definition) is 2. The average Bonchev–Trinajstić information content (AvgIpc) is 1.68. The van der Waals surface area contributed by atoms with Gasteiger partial charge in [0.05, 0.1) is 7.11 Å². The number of ether oxygens (including phenoxy) is 1. The van der Waals surface area contributed by atoms with Gasteiger partial charge in [0, 0.05) is 6.66 Å². The van der Waals surface area contributed by atoms with Crippen LogP contribution in [-0.4, -0.2) is 25.9 Å². The van der Waals surface area contributed by atoms with E-state index in [1.807, 2.05) is 6.66 Å². The lowest BCUT2D eigenvalue weighted by Crippen LogP contribution is -2.00. The molecule has 0 aromatic heterocycles. The number of esters is 1. The third kappa shape index (κ3) is 3.74. The highest BCUT2D eigenvalue weighted by molar-refractivity contribution is 7.38. The zero-order valence-electron chi connectivity index (χ0n) is 4.60. The van der Waals surface area contributed by atoms with Crippen molar-refractivity contribution in [1.29, 1.82) is 0 Å². The van der Waals surface area contributed by atoms with Gasteiger partial charge in [0.25, 0.3) is 0 Å². The summed E-state index contributed by atoms with van der Waals surface area (Å²) in [4.78, 5) is 10.2. The van der Waals surface area contributed by atoms with E-state index in [2.05, 4.69) is 4.74 Å². The van der Waals surface area contributed by atoms with Gasteiger partial charge in [-0.05, 0) is 8.58 Å². The molecular weight excluding hydrogens is 111 g/mol. The van der Waals surface area contributed by atoms with E-state index < -0.39 is 0 Å². The normalized spacial score (nSPS) is 10.0. The highest BCUT2D eigenvalue weighted by Gasteiger charge is 1.98. The van der Waals surface area contributed by atoms with Crippen LogP contribution in [0.5, 0.6) is 0 Å². The summed E-state index contributed by atoms with van der Waals surface area (Å²) < 4.78 is 4.37. The van der Waals surface area contributed by atoms with Crippen LogP contribution < -0.4 is 0 Å². The van der Waals surface area contributed by atoms with Gasteiger partial charge in [-0.15, -0.1) is 0 Å². The number of carbonyl (C=O) groups excluding carboxylic acids is 1. The van der Waals surface area contributed by atoms with Gasteiger partial charge in [0.1, 0.15) is 0 Å². The molecule has 0 radical (unpaired) electrons. The van der Waals surface area contributed by atoms with Gasteiger partial charge < -0.3 is 4.74 Å². The summed E-state index contributed by atoms with van der Waals surface area (Å²) in [6, 6.07) is 0. The molecule has 0 aromatic rings. The molecule has 0 amide bonds. The Hall–Kier alpha value is -0.100. The second-order valence-electron chi connectivity index (χ2n) is 1.19. The molecule has 0 saturated carbocycles. The van der Waals surface area contributed by atoms with E-state index in [4.69, 9.17) is 0 Å². The van der Waals surface area contributed by atoms with E-state index in [0.717, 1.165) is 0 Å². The summed E-state index contributed by atoms with van der Waals surface area (Å²) in [6.45, 7) is 2.02. The van der Waals surface area contributed by atoms with Gasteiger partial charge in [-0.1, -0.05) is 0 Å². The molecule has 3 heteroatoms. The predicted molar refractivity (Wildman–Crippen MR) is 32.5 cm³/mol. The molecule has 42 valence electrons. The largest absolute Gasteiger partial charge is 0.466 e. The first-order valence-corrected chi connectivity index (χ1v) is 4.13. The monoisotopic (exact) mass is 121 g/mol. The number of rotatable bonds is 2.